The molecule has 0 radical (unpaired) electrons. The lowest BCUT2D eigenvalue weighted by Crippen LogP contribution is -2.12. The van der Waals surface area contributed by atoms with E-state index in [9.17, 15) is 0 Å². The van der Waals surface area contributed by atoms with Crippen molar-refractivity contribution in [2.75, 3.05) is 11.9 Å². The number of nitrogens with zero attached hydrogens (tertiary/aromatic N) is 3. The zero-order valence-electron chi connectivity index (χ0n) is 13.1. The number of hydrogen-bond donors (Lipinski definition) is 2. The number of H-pyrrole nitrogens is 1. The van der Waals surface area contributed by atoms with E-state index in [1.165, 1.54) is 5.56 Å². The summed E-state index contributed by atoms with van der Waals surface area (Å²) in [4.78, 5) is 7.81. The molecule has 0 spiro atoms. The molecule has 6 heteroatoms. The molecule has 1 unspecified atom stereocenters. The topological polar surface area (TPSA) is 66.5 Å². The van der Waals surface area contributed by atoms with Crippen LogP contribution in [0.25, 0.3) is 22.1 Å². The quantitative estimate of drug-likeness (QED) is 0.580. The predicted molar refractivity (Wildman–Crippen MR) is 97.5 cm³/mol. The molecule has 2 aromatic heterocycles. The fraction of sp³-hybridized carbons (Fsp3) is 0.167. The van der Waals surface area contributed by atoms with Crippen molar-refractivity contribution in [3.63, 3.8) is 0 Å². The Bertz CT molecular complexity index is 993. The summed E-state index contributed by atoms with van der Waals surface area (Å²) in [6.45, 7) is 2.86. The van der Waals surface area contributed by atoms with Gasteiger partial charge in [-0.25, -0.2) is 0 Å². The monoisotopic (exact) mass is 337 g/mol. The Kier molecular flexibility index (Phi) is 3.78. The maximum atomic E-state index is 5.93. The lowest BCUT2D eigenvalue weighted by molar-refractivity contribution is 0.793. The smallest absolute Gasteiger partial charge is 0.244 e. The minimum absolute atomic E-state index is 0.310. The molecule has 5 nitrogen and oxygen atoms in total. The van der Waals surface area contributed by atoms with Crippen molar-refractivity contribution in [2.24, 2.45) is 0 Å². The molecule has 4 aromatic rings. The number of aromatic amines is 1. The Labute approximate surface area is 144 Å². The van der Waals surface area contributed by atoms with Crippen molar-refractivity contribution in [2.45, 2.75) is 12.8 Å². The van der Waals surface area contributed by atoms with Crippen molar-refractivity contribution in [3.05, 3.63) is 59.1 Å². The maximum Gasteiger partial charge on any atom is 0.244 e. The van der Waals surface area contributed by atoms with Crippen LogP contribution in [0.1, 0.15) is 18.4 Å². The molecule has 120 valence electrons. The van der Waals surface area contributed by atoms with Gasteiger partial charge in [-0.15, -0.1) is 10.2 Å². The molecule has 2 aromatic carbocycles. The van der Waals surface area contributed by atoms with E-state index >= 15 is 0 Å². The first kappa shape index (κ1) is 14.9. The van der Waals surface area contributed by atoms with E-state index in [0.29, 0.717) is 11.9 Å². The van der Waals surface area contributed by atoms with Crippen LogP contribution >= 0.6 is 11.6 Å². The maximum absolute atomic E-state index is 5.93. The van der Waals surface area contributed by atoms with Crippen LogP contribution in [0, 0.1) is 0 Å². The third-order valence-electron chi connectivity index (χ3n) is 4.13. The highest BCUT2D eigenvalue weighted by Crippen LogP contribution is 2.22. The Hall–Kier alpha value is -2.66. The fourth-order valence-electron chi connectivity index (χ4n) is 2.75. The zero-order valence-corrected chi connectivity index (χ0v) is 13.9. The highest BCUT2D eigenvalue weighted by Gasteiger charge is 2.10. The molecule has 0 saturated heterocycles. The molecule has 0 bridgehead atoms. The molecule has 0 aliphatic rings. The van der Waals surface area contributed by atoms with Crippen LogP contribution in [0.2, 0.25) is 5.02 Å². The molecule has 2 heterocycles. The normalized spacial score (nSPS) is 12.6. The van der Waals surface area contributed by atoms with Crippen LogP contribution in [0.4, 0.5) is 5.95 Å². The Morgan fingerprint density at radius 2 is 1.88 bits per heavy atom. The van der Waals surface area contributed by atoms with Crippen LogP contribution < -0.4 is 5.32 Å². The van der Waals surface area contributed by atoms with Gasteiger partial charge in [0.25, 0.3) is 0 Å². The number of para-hydroxylation sites is 1. The summed E-state index contributed by atoms with van der Waals surface area (Å²) < 4.78 is 0. The number of aromatic nitrogens is 4. The summed E-state index contributed by atoms with van der Waals surface area (Å²) >= 11 is 5.93. The lowest BCUT2D eigenvalue weighted by atomic mass is 10.0. The first-order valence-electron chi connectivity index (χ1n) is 7.81. The second-order valence-electron chi connectivity index (χ2n) is 5.84. The molecule has 2 N–H and O–H groups in total. The standard InChI is InChI=1S/C18H16ClN5/c1-11(12-6-8-13(19)9-7-12)10-20-18-22-17-16(23-24-18)14-4-2-3-5-15(14)21-17/h2-9,11H,10H2,1H3,(H2,20,21,22,24). The van der Waals surface area contributed by atoms with Crippen LogP contribution in [0.3, 0.4) is 0 Å². The Balaban J connectivity index is 1.54. The van der Waals surface area contributed by atoms with Crippen molar-refractivity contribution < 1.29 is 0 Å². The fourth-order valence-corrected chi connectivity index (χ4v) is 2.88. The summed E-state index contributed by atoms with van der Waals surface area (Å²) in [7, 11) is 0. The third kappa shape index (κ3) is 2.78. The van der Waals surface area contributed by atoms with Gasteiger partial charge in [-0.05, 0) is 29.7 Å². The van der Waals surface area contributed by atoms with E-state index in [4.69, 9.17) is 11.6 Å². The van der Waals surface area contributed by atoms with Gasteiger partial charge in [-0.1, -0.05) is 48.9 Å². The van der Waals surface area contributed by atoms with Crippen molar-refractivity contribution in [1.29, 1.82) is 0 Å². The zero-order chi connectivity index (χ0) is 16.5. The number of fused-ring (bicyclic) bond motifs is 3. The molecule has 0 aliphatic carbocycles. The van der Waals surface area contributed by atoms with Crippen LogP contribution in [-0.2, 0) is 0 Å². The van der Waals surface area contributed by atoms with Crippen molar-refractivity contribution in [3.8, 4) is 0 Å². The van der Waals surface area contributed by atoms with Crippen LogP contribution in [-0.4, -0.2) is 26.7 Å². The number of hydrogen-bond acceptors (Lipinski definition) is 4. The van der Waals surface area contributed by atoms with Gasteiger partial charge in [0.1, 0.15) is 5.52 Å². The molecule has 0 fully saturated rings. The largest absolute Gasteiger partial charge is 0.352 e. The summed E-state index contributed by atoms with van der Waals surface area (Å²) in [6, 6.07) is 15.9. The van der Waals surface area contributed by atoms with Gasteiger partial charge in [0, 0.05) is 22.5 Å². The van der Waals surface area contributed by atoms with E-state index in [1.54, 1.807) is 0 Å². The van der Waals surface area contributed by atoms with E-state index in [-0.39, 0.29) is 0 Å². The van der Waals surface area contributed by atoms with E-state index in [1.807, 2.05) is 48.5 Å². The summed E-state index contributed by atoms with van der Waals surface area (Å²) in [5.41, 5.74) is 3.77. The van der Waals surface area contributed by atoms with Gasteiger partial charge in [0.05, 0.1) is 0 Å². The van der Waals surface area contributed by atoms with Crippen molar-refractivity contribution >= 4 is 39.6 Å². The van der Waals surface area contributed by atoms with Gasteiger partial charge in [0.15, 0.2) is 5.65 Å². The number of benzene rings is 2. The van der Waals surface area contributed by atoms with Crippen LogP contribution in [0.15, 0.2) is 48.5 Å². The predicted octanol–water partition coefficient (Wildman–Crippen LogP) is 4.38. The van der Waals surface area contributed by atoms with Gasteiger partial charge in [-0.3, -0.25) is 0 Å². The number of halogens is 1. The minimum Gasteiger partial charge on any atom is -0.352 e. The van der Waals surface area contributed by atoms with E-state index < -0.39 is 0 Å². The summed E-state index contributed by atoms with van der Waals surface area (Å²) in [5.74, 6) is 0.833. The highest BCUT2D eigenvalue weighted by atomic mass is 35.5. The second-order valence-corrected chi connectivity index (χ2v) is 6.27. The molecule has 0 amide bonds. The van der Waals surface area contributed by atoms with E-state index in [2.05, 4.69) is 32.4 Å². The molecular weight excluding hydrogens is 322 g/mol. The SMILES string of the molecule is CC(CNc1nnc2c(n1)[nH]c1ccccc12)c1ccc(Cl)cc1. The Morgan fingerprint density at radius 1 is 1.08 bits per heavy atom. The Morgan fingerprint density at radius 3 is 2.71 bits per heavy atom. The second kappa shape index (κ2) is 6.09. The average Bonchev–Trinajstić information content (AvgIpc) is 2.98. The first-order chi connectivity index (χ1) is 11.7. The van der Waals surface area contributed by atoms with Gasteiger partial charge in [-0.2, -0.15) is 4.98 Å². The van der Waals surface area contributed by atoms with E-state index in [0.717, 1.165) is 33.6 Å². The van der Waals surface area contributed by atoms with Gasteiger partial charge in [0.2, 0.25) is 5.95 Å². The van der Waals surface area contributed by atoms with Crippen molar-refractivity contribution in [1.82, 2.24) is 20.2 Å². The lowest BCUT2D eigenvalue weighted by Gasteiger charge is -2.12. The highest BCUT2D eigenvalue weighted by molar-refractivity contribution is 6.30. The number of anilines is 1. The van der Waals surface area contributed by atoms with Crippen LogP contribution in [0.5, 0.6) is 0 Å². The average molecular weight is 338 g/mol. The van der Waals surface area contributed by atoms with Gasteiger partial charge >= 0.3 is 0 Å². The summed E-state index contributed by atoms with van der Waals surface area (Å²) in [5, 5.41) is 13.5. The molecule has 4 rings (SSSR count). The molecule has 24 heavy (non-hydrogen) atoms. The molecular formula is C18H16ClN5. The molecule has 0 aliphatic heterocycles. The minimum atomic E-state index is 0.310. The number of nitrogens with one attached hydrogen (secondary N) is 2. The molecule has 0 saturated carbocycles. The summed E-state index contributed by atoms with van der Waals surface area (Å²) in [6.07, 6.45) is 0. The third-order valence-corrected chi connectivity index (χ3v) is 4.38. The first-order valence-corrected chi connectivity index (χ1v) is 8.19. The van der Waals surface area contributed by atoms with Gasteiger partial charge < -0.3 is 10.3 Å². The number of rotatable bonds is 4. The molecule has 1 atom stereocenters.